The molecule has 0 aliphatic carbocycles. The Morgan fingerprint density at radius 2 is 1.92 bits per heavy atom. The molecule has 11 nitrogen and oxygen atoms in total. The monoisotopic (exact) mass is 534 g/mol. The summed E-state index contributed by atoms with van der Waals surface area (Å²) in [6.07, 6.45) is 2.49. The number of anilines is 2. The normalized spacial score (nSPS) is 18.5. The van der Waals surface area contributed by atoms with Crippen LogP contribution in [-0.2, 0) is 14.8 Å². The van der Waals surface area contributed by atoms with E-state index in [-0.39, 0.29) is 6.61 Å². The van der Waals surface area contributed by atoms with Gasteiger partial charge in [0.1, 0.15) is 30.1 Å². The molecule has 1 aromatic carbocycles. The van der Waals surface area contributed by atoms with Gasteiger partial charge < -0.3 is 29.7 Å². The fourth-order valence-corrected chi connectivity index (χ4v) is 5.44. The average molecular weight is 535 g/mol. The summed E-state index contributed by atoms with van der Waals surface area (Å²) in [4.78, 5) is 14.1. The summed E-state index contributed by atoms with van der Waals surface area (Å²) in [6.45, 7) is 4.01. The Labute approximate surface area is 219 Å². The molecule has 2 aliphatic heterocycles. The second-order valence-electron chi connectivity index (χ2n) is 9.56. The molecule has 0 radical (unpaired) electrons. The molecule has 0 saturated carbocycles. The number of piperazine rings is 1. The molecule has 1 atom stereocenters. The Balaban J connectivity index is 1.62. The van der Waals surface area contributed by atoms with Crippen molar-refractivity contribution in [3.8, 4) is 17.1 Å². The van der Waals surface area contributed by atoms with Crippen LogP contribution in [0, 0.1) is 0 Å². The number of rotatable bonds is 10. The Kier molecular flexibility index (Phi) is 9.19. The van der Waals surface area contributed by atoms with Crippen molar-refractivity contribution in [2.24, 2.45) is 0 Å². The van der Waals surface area contributed by atoms with Crippen molar-refractivity contribution in [3.63, 3.8) is 0 Å². The molecule has 2 saturated heterocycles. The van der Waals surface area contributed by atoms with Crippen molar-refractivity contribution in [2.75, 3.05) is 82.7 Å². The number of hydrogen-bond acceptors (Lipinski definition) is 10. The maximum Gasteiger partial charge on any atom is 0.211 e. The summed E-state index contributed by atoms with van der Waals surface area (Å²) in [5, 5.41) is 12.9. The Bertz CT molecular complexity index is 1140. The number of sulfonamides is 1. The molecule has 4 rings (SSSR count). The summed E-state index contributed by atoms with van der Waals surface area (Å²) in [5.41, 5.74) is 0.804. The number of nitrogens with one attached hydrogen (secondary N) is 1. The smallest absolute Gasteiger partial charge is 0.211 e. The van der Waals surface area contributed by atoms with Gasteiger partial charge in [-0.2, -0.15) is 4.31 Å². The first kappa shape index (κ1) is 27.5. The summed E-state index contributed by atoms with van der Waals surface area (Å²) in [5.74, 6) is 2.77. The molecule has 1 aromatic heterocycles. The van der Waals surface area contributed by atoms with Gasteiger partial charge >= 0.3 is 0 Å². The third-order valence-corrected chi connectivity index (χ3v) is 8.11. The van der Waals surface area contributed by atoms with Crippen LogP contribution >= 0.6 is 0 Å². The highest BCUT2D eigenvalue weighted by Gasteiger charge is 2.26. The number of likely N-dealkylation sites (N-methyl/N-ethyl adjacent to an activating group) is 1. The van der Waals surface area contributed by atoms with E-state index in [0.29, 0.717) is 50.3 Å². The molecule has 0 bridgehead atoms. The van der Waals surface area contributed by atoms with Crippen molar-refractivity contribution < 1.29 is 23.0 Å². The van der Waals surface area contributed by atoms with Gasteiger partial charge in [-0.05, 0) is 32.0 Å². The topological polar surface area (TPSA) is 120 Å². The van der Waals surface area contributed by atoms with Crippen molar-refractivity contribution in [2.45, 2.75) is 25.0 Å². The van der Waals surface area contributed by atoms with Gasteiger partial charge in [-0.3, -0.25) is 0 Å². The molecular weight excluding hydrogens is 496 g/mol. The standard InChI is InChI=1S/C25H38N6O5S/c1-26-17-21(32)18-36-22-6-4-5-19(15-22)25-27-23(29(2)20-7-13-35-14-8-20)16-24(28-25)30-9-11-31(12-10-30)37(3,33)34/h4-6,15-16,20-21,26,32H,7-14,17-18H2,1-3H3. The van der Waals surface area contributed by atoms with Crippen LogP contribution in [0.15, 0.2) is 30.3 Å². The van der Waals surface area contributed by atoms with E-state index in [1.54, 1.807) is 7.05 Å². The fraction of sp³-hybridized carbons (Fsp3) is 0.600. The minimum absolute atomic E-state index is 0.174. The molecule has 2 aromatic rings. The molecule has 0 amide bonds. The number of benzene rings is 1. The van der Waals surface area contributed by atoms with Gasteiger partial charge in [0.15, 0.2) is 5.82 Å². The third kappa shape index (κ3) is 7.29. The van der Waals surface area contributed by atoms with Gasteiger partial charge in [-0.15, -0.1) is 0 Å². The van der Waals surface area contributed by atoms with Crippen LogP contribution in [0.5, 0.6) is 5.75 Å². The maximum atomic E-state index is 12.0. The number of nitrogens with zero attached hydrogens (tertiary/aromatic N) is 5. The van der Waals surface area contributed by atoms with Gasteiger partial charge in [0.25, 0.3) is 0 Å². The second-order valence-corrected chi connectivity index (χ2v) is 11.5. The lowest BCUT2D eigenvalue weighted by atomic mass is 10.1. The zero-order valence-electron chi connectivity index (χ0n) is 21.8. The van der Waals surface area contributed by atoms with Crippen LogP contribution in [0.1, 0.15) is 12.8 Å². The van der Waals surface area contributed by atoms with Gasteiger partial charge in [0.2, 0.25) is 10.0 Å². The number of aliphatic hydroxyl groups excluding tert-OH is 1. The number of aromatic nitrogens is 2. The molecule has 37 heavy (non-hydrogen) atoms. The minimum Gasteiger partial charge on any atom is -0.491 e. The fourth-order valence-electron chi connectivity index (χ4n) is 4.61. The van der Waals surface area contributed by atoms with E-state index >= 15 is 0 Å². The molecule has 0 spiro atoms. The highest BCUT2D eigenvalue weighted by molar-refractivity contribution is 7.88. The highest BCUT2D eigenvalue weighted by atomic mass is 32.2. The SMILES string of the molecule is CNCC(O)COc1cccc(-c2nc(N3CCN(S(C)(=O)=O)CC3)cc(N(C)C3CCOCC3)n2)c1. The predicted molar refractivity (Wildman–Crippen MR) is 144 cm³/mol. The Morgan fingerprint density at radius 1 is 1.19 bits per heavy atom. The van der Waals surface area contributed by atoms with E-state index in [0.717, 1.165) is 43.3 Å². The Hall–Kier alpha value is -2.51. The molecule has 12 heteroatoms. The zero-order chi connectivity index (χ0) is 26.4. The van der Waals surface area contributed by atoms with E-state index in [1.807, 2.05) is 30.3 Å². The van der Waals surface area contributed by atoms with Crippen molar-refractivity contribution in [1.29, 1.82) is 0 Å². The average Bonchev–Trinajstić information content (AvgIpc) is 2.91. The quantitative estimate of drug-likeness (QED) is 0.453. The first-order chi connectivity index (χ1) is 17.7. The van der Waals surface area contributed by atoms with Crippen LogP contribution in [0.3, 0.4) is 0 Å². The summed E-state index contributed by atoms with van der Waals surface area (Å²) in [7, 11) is 0.613. The van der Waals surface area contributed by atoms with Crippen LogP contribution in [0.2, 0.25) is 0 Å². The van der Waals surface area contributed by atoms with Crippen LogP contribution in [-0.4, -0.2) is 113 Å². The lowest BCUT2D eigenvalue weighted by molar-refractivity contribution is 0.0853. The summed E-state index contributed by atoms with van der Waals surface area (Å²) in [6, 6.07) is 9.86. The predicted octanol–water partition coefficient (Wildman–Crippen LogP) is 0.800. The molecule has 3 heterocycles. The molecule has 2 N–H and O–H groups in total. The molecular formula is C25H38N6O5S. The van der Waals surface area contributed by atoms with Crippen LogP contribution in [0.25, 0.3) is 11.4 Å². The van der Waals surface area contributed by atoms with Crippen molar-refractivity contribution in [1.82, 2.24) is 19.6 Å². The largest absolute Gasteiger partial charge is 0.491 e. The first-order valence-electron chi connectivity index (χ1n) is 12.7. The van der Waals surface area contributed by atoms with Gasteiger partial charge in [-0.25, -0.2) is 18.4 Å². The van der Waals surface area contributed by atoms with E-state index in [9.17, 15) is 13.5 Å². The van der Waals surface area contributed by atoms with Crippen LogP contribution in [0.4, 0.5) is 11.6 Å². The number of hydrogen-bond donors (Lipinski definition) is 2. The van der Waals surface area contributed by atoms with Gasteiger partial charge in [-0.1, -0.05) is 12.1 Å². The lowest BCUT2D eigenvalue weighted by Crippen LogP contribution is -2.48. The summed E-state index contributed by atoms with van der Waals surface area (Å²) < 4.78 is 36.8. The highest BCUT2D eigenvalue weighted by Crippen LogP contribution is 2.29. The third-order valence-electron chi connectivity index (χ3n) is 6.81. The molecule has 2 aliphatic rings. The van der Waals surface area contributed by atoms with Crippen molar-refractivity contribution in [3.05, 3.63) is 30.3 Å². The lowest BCUT2D eigenvalue weighted by Gasteiger charge is -2.35. The van der Waals surface area contributed by atoms with E-state index in [2.05, 4.69) is 22.2 Å². The molecule has 2 fully saturated rings. The number of ether oxygens (including phenoxy) is 2. The molecule has 204 valence electrons. The maximum absolute atomic E-state index is 12.0. The summed E-state index contributed by atoms with van der Waals surface area (Å²) >= 11 is 0. The van der Waals surface area contributed by atoms with Crippen molar-refractivity contribution >= 4 is 21.7 Å². The van der Waals surface area contributed by atoms with Gasteiger partial charge in [0.05, 0.1) is 6.26 Å². The van der Waals surface area contributed by atoms with Crippen LogP contribution < -0.4 is 19.9 Å². The van der Waals surface area contributed by atoms with E-state index in [4.69, 9.17) is 19.4 Å². The minimum atomic E-state index is -3.22. The number of aliphatic hydroxyl groups is 1. The first-order valence-corrected chi connectivity index (χ1v) is 14.5. The van der Waals surface area contributed by atoms with E-state index < -0.39 is 16.1 Å². The zero-order valence-corrected chi connectivity index (χ0v) is 22.7. The molecule has 1 unspecified atom stereocenters. The van der Waals surface area contributed by atoms with E-state index in [1.165, 1.54) is 10.6 Å². The van der Waals surface area contributed by atoms with Gasteiger partial charge in [0, 0.05) is 70.7 Å². The Morgan fingerprint density at radius 3 is 2.59 bits per heavy atom. The second kappa shape index (κ2) is 12.4.